The second-order valence-electron chi connectivity index (χ2n) is 10.1. The number of tetrazole rings is 1. The van der Waals surface area contributed by atoms with Crippen LogP contribution in [0.3, 0.4) is 0 Å². The Kier molecular flexibility index (Phi) is 8.79. The molecule has 0 spiro atoms. The standard InChI is InChI=1S/C26H32ClFN6O2/c1-17(2)14-22(25(36)29-15-18-6-12-21(28)13-7-18)34(26(3,4)5)23(35)16-33-31-24(30-32-33)19-8-10-20(27)11-9-19/h6-13,17,22H,14-16H2,1-5H3,(H,29,36). The summed E-state index contributed by atoms with van der Waals surface area (Å²) in [5.41, 5.74) is 0.843. The van der Waals surface area contributed by atoms with Crippen LogP contribution in [0.15, 0.2) is 48.5 Å². The molecular weight excluding hydrogens is 483 g/mol. The summed E-state index contributed by atoms with van der Waals surface area (Å²) in [5.74, 6) is -0.384. The predicted molar refractivity (Wildman–Crippen MR) is 136 cm³/mol. The number of nitrogens with zero attached hydrogens (tertiary/aromatic N) is 5. The molecule has 0 aliphatic rings. The molecule has 36 heavy (non-hydrogen) atoms. The number of carbonyl (C=O) groups excluding carboxylic acids is 2. The van der Waals surface area contributed by atoms with Crippen LogP contribution in [-0.4, -0.2) is 48.5 Å². The quantitative estimate of drug-likeness (QED) is 0.454. The average molecular weight is 515 g/mol. The molecule has 0 fully saturated rings. The van der Waals surface area contributed by atoms with Gasteiger partial charge in [0.25, 0.3) is 0 Å². The zero-order valence-electron chi connectivity index (χ0n) is 21.2. The van der Waals surface area contributed by atoms with Crippen molar-refractivity contribution in [3.05, 3.63) is 64.9 Å². The van der Waals surface area contributed by atoms with Gasteiger partial charge in [0.05, 0.1) is 0 Å². The van der Waals surface area contributed by atoms with E-state index in [2.05, 4.69) is 20.7 Å². The summed E-state index contributed by atoms with van der Waals surface area (Å²) in [6.07, 6.45) is 0.471. The minimum atomic E-state index is -0.711. The Morgan fingerprint density at radius 1 is 1.08 bits per heavy atom. The van der Waals surface area contributed by atoms with Crippen molar-refractivity contribution in [3.8, 4) is 11.4 Å². The highest BCUT2D eigenvalue weighted by Crippen LogP contribution is 2.23. The summed E-state index contributed by atoms with van der Waals surface area (Å²) in [4.78, 5) is 29.7. The first-order chi connectivity index (χ1) is 16.9. The van der Waals surface area contributed by atoms with Gasteiger partial charge in [-0.25, -0.2) is 4.39 Å². The van der Waals surface area contributed by atoms with Crippen LogP contribution in [0.5, 0.6) is 0 Å². The topological polar surface area (TPSA) is 93.0 Å². The first-order valence-corrected chi connectivity index (χ1v) is 12.2. The Morgan fingerprint density at radius 2 is 1.72 bits per heavy atom. The number of halogens is 2. The van der Waals surface area contributed by atoms with Crippen LogP contribution < -0.4 is 5.32 Å². The van der Waals surface area contributed by atoms with Gasteiger partial charge >= 0.3 is 0 Å². The molecule has 1 aromatic heterocycles. The molecule has 0 aliphatic carbocycles. The van der Waals surface area contributed by atoms with Crippen LogP contribution in [-0.2, 0) is 22.7 Å². The monoisotopic (exact) mass is 514 g/mol. The second kappa shape index (κ2) is 11.6. The lowest BCUT2D eigenvalue weighted by atomic mass is 9.95. The van der Waals surface area contributed by atoms with E-state index in [1.54, 1.807) is 41.3 Å². The van der Waals surface area contributed by atoms with Gasteiger partial charge in [0.2, 0.25) is 17.6 Å². The highest BCUT2D eigenvalue weighted by atomic mass is 35.5. The third-order valence-corrected chi connectivity index (χ3v) is 5.76. The van der Waals surface area contributed by atoms with E-state index < -0.39 is 11.6 Å². The van der Waals surface area contributed by atoms with E-state index in [0.29, 0.717) is 17.3 Å². The maximum Gasteiger partial charge on any atom is 0.247 e. The lowest BCUT2D eigenvalue weighted by Crippen LogP contribution is -2.58. The molecular formula is C26H32ClFN6O2. The SMILES string of the molecule is CC(C)CC(C(=O)NCc1ccc(F)cc1)N(C(=O)Cn1nnc(-c2ccc(Cl)cc2)n1)C(C)(C)C. The Morgan fingerprint density at radius 3 is 2.31 bits per heavy atom. The molecule has 192 valence electrons. The molecule has 0 aliphatic heterocycles. The van der Waals surface area contributed by atoms with Gasteiger partial charge in [0.1, 0.15) is 18.4 Å². The number of rotatable bonds is 9. The molecule has 1 unspecified atom stereocenters. The summed E-state index contributed by atoms with van der Waals surface area (Å²) < 4.78 is 13.2. The van der Waals surface area contributed by atoms with Crippen LogP contribution in [0.25, 0.3) is 11.4 Å². The Bertz CT molecular complexity index is 1170. The third-order valence-electron chi connectivity index (χ3n) is 5.51. The van der Waals surface area contributed by atoms with E-state index in [-0.39, 0.29) is 36.6 Å². The molecule has 0 saturated heterocycles. The molecule has 2 amide bonds. The number of hydrogen-bond acceptors (Lipinski definition) is 5. The Balaban J connectivity index is 1.79. The van der Waals surface area contributed by atoms with Crippen LogP contribution in [0.1, 0.15) is 46.6 Å². The molecule has 1 N–H and O–H groups in total. The van der Waals surface area contributed by atoms with Crippen LogP contribution in [0.4, 0.5) is 4.39 Å². The van der Waals surface area contributed by atoms with Gasteiger partial charge < -0.3 is 10.2 Å². The summed E-state index contributed by atoms with van der Waals surface area (Å²) in [7, 11) is 0. The van der Waals surface area contributed by atoms with Crippen LogP contribution in [0, 0.1) is 11.7 Å². The van der Waals surface area contributed by atoms with E-state index in [0.717, 1.165) is 11.1 Å². The van der Waals surface area contributed by atoms with E-state index in [1.165, 1.54) is 16.9 Å². The minimum absolute atomic E-state index is 0.158. The fraction of sp³-hybridized carbons (Fsp3) is 0.423. The van der Waals surface area contributed by atoms with E-state index >= 15 is 0 Å². The molecule has 8 nitrogen and oxygen atoms in total. The van der Waals surface area contributed by atoms with Crippen molar-refractivity contribution in [2.75, 3.05) is 0 Å². The zero-order valence-corrected chi connectivity index (χ0v) is 22.0. The smallest absolute Gasteiger partial charge is 0.247 e. The van der Waals surface area contributed by atoms with Gasteiger partial charge in [-0.05, 0) is 80.3 Å². The van der Waals surface area contributed by atoms with Crippen LogP contribution in [0.2, 0.25) is 5.02 Å². The highest BCUT2D eigenvalue weighted by Gasteiger charge is 2.37. The maximum absolute atomic E-state index is 13.5. The van der Waals surface area contributed by atoms with Crippen molar-refractivity contribution in [2.45, 2.75) is 65.7 Å². The van der Waals surface area contributed by atoms with Gasteiger partial charge in [-0.3, -0.25) is 9.59 Å². The number of nitrogens with one attached hydrogen (secondary N) is 1. The molecule has 0 radical (unpaired) electrons. The van der Waals surface area contributed by atoms with Gasteiger partial charge in [-0.2, -0.15) is 4.80 Å². The van der Waals surface area contributed by atoms with Crippen molar-refractivity contribution >= 4 is 23.4 Å². The van der Waals surface area contributed by atoms with Crippen molar-refractivity contribution in [1.29, 1.82) is 0 Å². The summed E-state index contributed by atoms with van der Waals surface area (Å²) >= 11 is 5.95. The first kappa shape index (κ1) is 27.3. The van der Waals surface area contributed by atoms with Crippen molar-refractivity contribution in [1.82, 2.24) is 30.4 Å². The Hall–Kier alpha value is -3.33. The van der Waals surface area contributed by atoms with Crippen molar-refractivity contribution < 1.29 is 14.0 Å². The number of amides is 2. The zero-order chi connectivity index (χ0) is 26.5. The first-order valence-electron chi connectivity index (χ1n) is 11.8. The normalized spacial score (nSPS) is 12.4. The highest BCUT2D eigenvalue weighted by molar-refractivity contribution is 6.30. The minimum Gasteiger partial charge on any atom is -0.350 e. The summed E-state index contributed by atoms with van der Waals surface area (Å²) in [5, 5.41) is 15.9. The Labute approximate surface area is 215 Å². The van der Waals surface area contributed by atoms with Crippen molar-refractivity contribution in [2.24, 2.45) is 5.92 Å². The van der Waals surface area contributed by atoms with E-state index in [1.807, 2.05) is 34.6 Å². The fourth-order valence-electron chi connectivity index (χ4n) is 3.92. The van der Waals surface area contributed by atoms with Gasteiger partial charge in [-0.15, -0.1) is 10.2 Å². The molecule has 3 aromatic rings. The number of hydrogen-bond donors (Lipinski definition) is 1. The molecule has 0 saturated carbocycles. The fourth-order valence-corrected chi connectivity index (χ4v) is 4.05. The molecule has 1 atom stereocenters. The molecule has 3 rings (SSSR count). The second-order valence-corrected chi connectivity index (χ2v) is 10.5. The predicted octanol–water partition coefficient (Wildman–Crippen LogP) is 4.49. The van der Waals surface area contributed by atoms with E-state index in [9.17, 15) is 14.0 Å². The van der Waals surface area contributed by atoms with Gasteiger partial charge in [0.15, 0.2) is 0 Å². The average Bonchev–Trinajstić information content (AvgIpc) is 3.25. The summed E-state index contributed by atoms with van der Waals surface area (Å²) in [6, 6.07) is 12.2. The van der Waals surface area contributed by atoms with E-state index in [4.69, 9.17) is 11.6 Å². The number of aromatic nitrogens is 4. The summed E-state index contributed by atoms with van der Waals surface area (Å²) in [6.45, 7) is 9.73. The molecule has 1 heterocycles. The lowest BCUT2D eigenvalue weighted by Gasteiger charge is -2.41. The maximum atomic E-state index is 13.5. The number of carbonyl (C=O) groups is 2. The van der Waals surface area contributed by atoms with Crippen LogP contribution >= 0.6 is 11.6 Å². The largest absolute Gasteiger partial charge is 0.350 e. The van der Waals surface area contributed by atoms with Crippen molar-refractivity contribution in [3.63, 3.8) is 0 Å². The lowest BCUT2D eigenvalue weighted by molar-refractivity contribution is -0.148. The molecule has 10 heteroatoms. The molecule has 2 aromatic carbocycles. The van der Waals surface area contributed by atoms with Gasteiger partial charge in [0, 0.05) is 22.7 Å². The molecule has 0 bridgehead atoms. The number of benzene rings is 2. The third kappa shape index (κ3) is 7.34. The van der Waals surface area contributed by atoms with Gasteiger partial charge in [-0.1, -0.05) is 37.6 Å².